The summed E-state index contributed by atoms with van der Waals surface area (Å²) in [4.78, 5) is 23.9. The number of esters is 2. The van der Waals surface area contributed by atoms with E-state index in [1.54, 1.807) is 13.8 Å². The maximum absolute atomic E-state index is 11.9. The minimum atomic E-state index is -0.667. The molecule has 0 aliphatic rings. The number of halogens is 1. The molecule has 0 heterocycles. The van der Waals surface area contributed by atoms with Crippen LogP contribution in [0.25, 0.3) is 0 Å². The zero-order valence-corrected chi connectivity index (χ0v) is 16.3. The molecular formula is C20H21ClO6. The summed E-state index contributed by atoms with van der Waals surface area (Å²) in [6, 6.07) is 6.01. The second-order valence-electron chi connectivity index (χ2n) is 6.14. The van der Waals surface area contributed by atoms with Gasteiger partial charge in [-0.15, -0.1) is 11.6 Å². The van der Waals surface area contributed by atoms with Crippen molar-refractivity contribution in [2.45, 2.75) is 19.8 Å². The highest BCUT2D eigenvalue weighted by atomic mass is 35.5. The number of aromatic hydroxyl groups is 2. The Bertz CT molecular complexity index is 819. The van der Waals surface area contributed by atoms with Gasteiger partial charge in [0.2, 0.25) is 0 Å². The number of methoxy groups -OCH3 is 2. The molecule has 0 spiro atoms. The number of carbonyl (C=O) groups excluding carboxylic acids is 2. The Morgan fingerprint density at radius 2 is 1.26 bits per heavy atom. The Kier molecular flexibility index (Phi) is 6.33. The molecule has 0 bridgehead atoms. The van der Waals surface area contributed by atoms with Gasteiger partial charge in [-0.1, -0.05) is 0 Å². The fraction of sp³-hybridized carbons (Fsp3) is 0.300. The lowest BCUT2D eigenvalue weighted by Crippen LogP contribution is -2.12. The fourth-order valence-electron chi connectivity index (χ4n) is 3.05. The van der Waals surface area contributed by atoms with E-state index < -0.39 is 11.9 Å². The van der Waals surface area contributed by atoms with Crippen molar-refractivity contribution in [2.24, 2.45) is 0 Å². The van der Waals surface area contributed by atoms with E-state index in [9.17, 15) is 19.8 Å². The maximum Gasteiger partial charge on any atom is 0.341 e. The average molecular weight is 393 g/mol. The summed E-state index contributed by atoms with van der Waals surface area (Å²) in [6.07, 6.45) is 0. The molecule has 7 heteroatoms. The van der Waals surface area contributed by atoms with Gasteiger partial charge in [-0.25, -0.2) is 9.59 Å². The number of ether oxygens (including phenoxy) is 2. The number of alkyl halides is 1. The van der Waals surface area contributed by atoms with Crippen molar-refractivity contribution < 1.29 is 29.3 Å². The normalized spacial score (nSPS) is 10.7. The molecule has 6 nitrogen and oxygen atoms in total. The molecule has 2 N–H and O–H groups in total. The Hall–Kier alpha value is -2.73. The number of benzene rings is 2. The second kappa shape index (κ2) is 8.31. The molecule has 2 aromatic carbocycles. The predicted molar refractivity (Wildman–Crippen MR) is 101 cm³/mol. The van der Waals surface area contributed by atoms with Gasteiger partial charge in [-0.3, -0.25) is 0 Å². The lowest BCUT2D eigenvalue weighted by atomic mass is 9.85. The van der Waals surface area contributed by atoms with E-state index in [1.165, 1.54) is 38.5 Å². The van der Waals surface area contributed by atoms with E-state index >= 15 is 0 Å². The largest absolute Gasteiger partial charge is 0.507 e. The smallest absolute Gasteiger partial charge is 0.341 e. The molecule has 0 unspecified atom stereocenters. The van der Waals surface area contributed by atoms with Crippen molar-refractivity contribution >= 4 is 23.5 Å². The molecule has 0 aliphatic heterocycles. The van der Waals surface area contributed by atoms with Crippen LogP contribution in [0.3, 0.4) is 0 Å². The first-order valence-corrected chi connectivity index (χ1v) is 8.68. The number of hydrogen-bond donors (Lipinski definition) is 2. The molecule has 0 radical (unpaired) electrons. The molecule has 0 aliphatic carbocycles. The third-order valence-electron chi connectivity index (χ3n) is 4.48. The monoisotopic (exact) mass is 392 g/mol. The Balaban J connectivity index is 2.67. The van der Waals surface area contributed by atoms with Crippen molar-refractivity contribution in [2.75, 3.05) is 20.1 Å². The molecule has 0 atom stereocenters. The Morgan fingerprint density at radius 1 is 0.889 bits per heavy atom. The highest BCUT2D eigenvalue weighted by Gasteiger charge is 2.24. The number of hydrogen-bond acceptors (Lipinski definition) is 6. The van der Waals surface area contributed by atoms with E-state index in [0.29, 0.717) is 11.1 Å². The third kappa shape index (κ3) is 4.01. The van der Waals surface area contributed by atoms with Crippen molar-refractivity contribution in [3.8, 4) is 11.5 Å². The summed E-state index contributed by atoms with van der Waals surface area (Å²) in [5, 5.41) is 20.1. The van der Waals surface area contributed by atoms with Gasteiger partial charge in [0, 0.05) is 11.8 Å². The first-order valence-electron chi connectivity index (χ1n) is 8.14. The van der Waals surface area contributed by atoms with Gasteiger partial charge in [-0.05, 0) is 60.4 Å². The standard InChI is InChI=1S/C20H21ClO6/c1-10-5-17(22)14(19(24)26-3)7-12(10)16(9-21)13-8-15(20(25)27-4)18(23)6-11(13)2/h5-8,16,22-23H,9H2,1-4H3. The second-order valence-corrected chi connectivity index (χ2v) is 6.45. The zero-order chi connectivity index (χ0) is 20.3. The summed E-state index contributed by atoms with van der Waals surface area (Å²) < 4.78 is 9.42. The minimum Gasteiger partial charge on any atom is -0.507 e. The molecule has 0 fully saturated rings. The molecule has 2 rings (SSSR count). The quantitative estimate of drug-likeness (QED) is 0.595. The van der Waals surface area contributed by atoms with Crippen molar-refractivity contribution in [3.63, 3.8) is 0 Å². The molecule has 0 saturated heterocycles. The van der Waals surface area contributed by atoms with Crippen LogP contribution in [0.2, 0.25) is 0 Å². The number of aryl methyl sites for hydroxylation is 2. The fourth-order valence-corrected chi connectivity index (χ4v) is 3.38. The number of phenolic OH excluding ortho intramolecular Hbond substituents is 2. The topological polar surface area (TPSA) is 93.1 Å². The highest BCUT2D eigenvalue weighted by molar-refractivity contribution is 6.18. The number of rotatable bonds is 5. The lowest BCUT2D eigenvalue weighted by molar-refractivity contribution is 0.0588. The van der Waals surface area contributed by atoms with Gasteiger partial charge < -0.3 is 19.7 Å². The van der Waals surface area contributed by atoms with Crippen LogP contribution in [0.15, 0.2) is 24.3 Å². The van der Waals surface area contributed by atoms with Crippen LogP contribution in [-0.2, 0) is 9.47 Å². The molecular weight excluding hydrogens is 372 g/mol. The SMILES string of the molecule is COC(=O)c1cc(C(CCl)c2cc(C(=O)OC)c(O)cc2C)c(C)cc1O. The maximum atomic E-state index is 11.9. The van der Waals surface area contributed by atoms with Crippen molar-refractivity contribution in [1.29, 1.82) is 0 Å². The van der Waals surface area contributed by atoms with E-state index in [4.69, 9.17) is 21.1 Å². The van der Waals surface area contributed by atoms with E-state index in [2.05, 4.69) is 0 Å². The van der Waals surface area contributed by atoms with E-state index in [0.717, 1.165) is 11.1 Å². The molecule has 0 amide bonds. The summed E-state index contributed by atoms with van der Waals surface area (Å²) >= 11 is 6.23. The van der Waals surface area contributed by atoms with Crippen molar-refractivity contribution in [3.05, 3.63) is 57.6 Å². The Labute approximate surface area is 162 Å². The van der Waals surface area contributed by atoms with Crippen LogP contribution in [0.5, 0.6) is 11.5 Å². The predicted octanol–water partition coefficient (Wildman–Crippen LogP) is 3.66. The molecule has 0 aromatic heterocycles. The van der Waals surface area contributed by atoms with Gasteiger partial charge in [0.05, 0.1) is 14.2 Å². The summed E-state index contributed by atoms with van der Waals surface area (Å²) in [6.45, 7) is 3.57. The third-order valence-corrected chi connectivity index (χ3v) is 4.79. The summed E-state index contributed by atoms with van der Waals surface area (Å²) in [5.41, 5.74) is 2.90. The van der Waals surface area contributed by atoms with E-state index in [1.807, 2.05) is 0 Å². The first-order chi connectivity index (χ1) is 12.7. The average Bonchev–Trinajstić information content (AvgIpc) is 2.64. The zero-order valence-electron chi connectivity index (χ0n) is 15.5. The molecule has 2 aromatic rings. The van der Waals surface area contributed by atoms with Gasteiger partial charge in [0.25, 0.3) is 0 Å². The Morgan fingerprint density at radius 3 is 1.56 bits per heavy atom. The van der Waals surface area contributed by atoms with Gasteiger partial charge in [-0.2, -0.15) is 0 Å². The highest BCUT2D eigenvalue weighted by Crippen LogP contribution is 2.36. The number of carbonyl (C=O) groups is 2. The summed E-state index contributed by atoms with van der Waals surface area (Å²) in [5.74, 6) is -1.94. The van der Waals surface area contributed by atoms with Gasteiger partial charge in [0.15, 0.2) is 0 Å². The van der Waals surface area contributed by atoms with Crippen LogP contribution in [0.4, 0.5) is 0 Å². The van der Waals surface area contributed by atoms with Crippen LogP contribution >= 0.6 is 11.6 Å². The van der Waals surface area contributed by atoms with E-state index in [-0.39, 0.29) is 34.4 Å². The lowest BCUT2D eigenvalue weighted by Gasteiger charge is -2.22. The summed E-state index contributed by atoms with van der Waals surface area (Å²) in [7, 11) is 2.46. The molecule has 144 valence electrons. The van der Waals surface area contributed by atoms with Gasteiger partial charge >= 0.3 is 11.9 Å². The van der Waals surface area contributed by atoms with Crippen molar-refractivity contribution in [1.82, 2.24) is 0 Å². The number of phenols is 2. The van der Waals surface area contributed by atoms with Crippen LogP contribution in [0, 0.1) is 13.8 Å². The van der Waals surface area contributed by atoms with Gasteiger partial charge in [0.1, 0.15) is 22.6 Å². The minimum absolute atomic E-state index is 0.0258. The molecule has 0 saturated carbocycles. The van der Waals surface area contributed by atoms with Crippen LogP contribution in [0.1, 0.15) is 48.9 Å². The van der Waals surface area contributed by atoms with Crippen LogP contribution < -0.4 is 0 Å². The van der Waals surface area contributed by atoms with Crippen LogP contribution in [-0.4, -0.2) is 42.3 Å². The first kappa shape index (κ1) is 20.6. The molecule has 27 heavy (non-hydrogen) atoms.